The molecular formula is C26H24ClNO6. The quantitative estimate of drug-likeness (QED) is 0.401. The fourth-order valence-electron chi connectivity index (χ4n) is 4.69. The Morgan fingerprint density at radius 1 is 1.09 bits per heavy atom. The Bertz CT molecular complexity index is 1180. The number of halogens is 1. The summed E-state index contributed by atoms with van der Waals surface area (Å²) in [6, 6.07) is 16.2. The van der Waals surface area contributed by atoms with E-state index in [-0.39, 0.29) is 24.6 Å². The molecule has 1 fully saturated rings. The van der Waals surface area contributed by atoms with Gasteiger partial charge in [0.05, 0.1) is 45.2 Å². The monoisotopic (exact) mass is 481 g/mol. The first-order valence-corrected chi connectivity index (χ1v) is 11.0. The molecule has 7 nitrogen and oxygen atoms in total. The Morgan fingerprint density at radius 2 is 1.76 bits per heavy atom. The Labute approximate surface area is 202 Å². The smallest absolute Gasteiger partial charge is 0.317 e. The lowest BCUT2D eigenvalue weighted by Gasteiger charge is -2.38. The minimum Gasteiger partial charge on any atom is -0.495 e. The van der Waals surface area contributed by atoms with E-state index in [2.05, 4.69) is 4.98 Å². The van der Waals surface area contributed by atoms with Crippen molar-refractivity contribution in [1.82, 2.24) is 4.98 Å². The molecule has 8 heteroatoms. The molecule has 1 aliphatic rings. The highest BCUT2D eigenvalue weighted by molar-refractivity contribution is 6.30. The largest absolute Gasteiger partial charge is 0.495 e. The summed E-state index contributed by atoms with van der Waals surface area (Å²) in [6.07, 6.45) is 2.83. The zero-order chi connectivity index (χ0) is 24.3. The Morgan fingerprint density at radius 3 is 2.38 bits per heavy atom. The third-order valence-corrected chi connectivity index (χ3v) is 6.47. The summed E-state index contributed by atoms with van der Waals surface area (Å²) < 4.78 is 17.0. The number of hydrogen-bond donors (Lipinski definition) is 1. The molecule has 0 radical (unpaired) electrons. The standard InChI is InChI=1S/C26H24ClNO6/c1-32-21-13-28-14-22(19(21)15-29)34-26(17-8-10-18(27)11-9-17)12-20(30)23(25(31)33-2)24(26)16-6-4-3-5-7-16/h3-11,13-14,23-24,29H,12,15H2,1-2H3/t23-,24+,26-/m0/s1. The molecule has 0 aliphatic heterocycles. The number of aromatic nitrogens is 1. The van der Waals surface area contributed by atoms with Crippen LogP contribution in [0.25, 0.3) is 0 Å². The number of esters is 1. The van der Waals surface area contributed by atoms with Crippen LogP contribution in [0, 0.1) is 5.92 Å². The number of carbonyl (C=O) groups excluding carboxylic acids is 2. The Kier molecular flexibility index (Phi) is 6.86. The summed E-state index contributed by atoms with van der Waals surface area (Å²) in [5.41, 5.74) is 0.462. The zero-order valence-electron chi connectivity index (χ0n) is 18.7. The summed E-state index contributed by atoms with van der Waals surface area (Å²) in [5, 5.41) is 10.6. The van der Waals surface area contributed by atoms with E-state index in [4.69, 9.17) is 25.8 Å². The van der Waals surface area contributed by atoms with Crippen molar-refractivity contribution in [2.75, 3.05) is 14.2 Å². The molecule has 0 spiro atoms. The number of methoxy groups -OCH3 is 2. The van der Waals surface area contributed by atoms with Gasteiger partial charge in [-0.2, -0.15) is 0 Å². The van der Waals surface area contributed by atoms with Gasteiger partial charge in [-0.1, -0.05) is 54.1 Å². The van der Waals surface area contributed by atoms with Gasteiger partial charge in [0.1, 0.15) is 23.0 Å². The van der Waals surface area contributed by atoms with Crippen LogP contribution in [0.15, 0.2) is 67.0 Å². The van der Waals surface area contributed by atoms with Crippen molar-refractivity contribution in [3.63, 3.8) is 0 Å². The van der Waals surface area contributed by atoms with E-state index in [1.165, 1.54) is 26.6 Å². The highest BCUT2D eigenvalue weighted by atomic mass is 35.5. The van der Waals surface area contributed by atoms with Crippen molar-refractivity contribution in [2.24, 2.45) is 5.92 Å². The zero-order valence-corrected chi connectivity index (χ0v) is 19.5. The van der Waals surface area contributed by atoms with Gasteiger partial charge in [-0.25, -0.2) is 0 Å². The van der Waals surface area contributed by atoms with Gasteiger partial charge in [-0.15, -0.1) is 0 Å². The minimum absolute atomic E-state index is 0.101. The number of aliphatic hydroxyl groups is 1. The highest BCUT2D eigenvalue weighted by Crippen LogP contribution is 2.54. The van der Waals surface area contributed by atoms with Crippen molar-refractivity contribution in [1.29, 1.82) is 0 Å². The van der Waals surface area contributed by atoms with E-state index < -0.39 is 23.4 Å². The van der Waals surface area contributed by atoms with Gasteiger partial charge in [0.2, 0.25) is 0 Å². The van der Waals surface area contributed by atoms with Gasteiger partial charge in [-0.3, -0.25) is 14.6 Å². The maximum absolute atomic E-state index is 13.4. The minimum atomic E-state index is -1.31. The first-order chi connectivity index (χ1) is 16.4. The second-order valence-electron chi connectivity index (χ2n) is 8.01. The van der Waals surface area contributed by atoms with Crippen molar-refractivity contribution in [3.8, 4) is 11.5 Å². The van der Waals surface area contributed by atoms with Gasteiger partial charge in [-0.05, 0) is 23.3 Å². The second-order valence-corrected chi connectivity index (χ2v) is 8.44. The molecule has 4 rings (SSSR count). The summed E-state index contributed by atoms with van der Waals surface area (Å²) in [7, 11) is 2.73. The van der Waals surface area contributed by atoms with E-state index in [9.17, 15) is 14.7 Å². The number of pyridine rings is 1. The van der Waals surface area contributed by atoms with Crippen molar-refractivity contribution in [3.05, 3.63) is 88.7 Å². The number of rotatable bonds is 7. The van der Waals surface area contributed by atoms with Crippen LogP contribution >= 0.6 is 11.6 Å². The topological polar surface area (TPSA) is 95.0 Å². The maximum atomic E-state index is 13.4. The molecule has 1 N–H and O–H groups in total. The van der Waals surface area contributed by atoms with Crippen molar-refractivity contribution >= 4 is 23.4 Å². The van der Waals surface area contributed by atoms with Crippen LogP contribution in [0.2, 0.25) is 5.02 Å². The molecule has 34 heavy (non-hydrogen) atoms. The normalized spacial score (nSPS) is 21.8. The summed E-state index contributed by atoms with van der Waals surface area (Å²) in [5.74, 6) is -2.15. The Hall–Kier alpha value is -3.42. The molecule has 1 aliphatic carbocycles. The van der Waals surface area contributed by atoms with Crippen LogP contribution < -0.4 is 9.47 Å². The van der Waals surface area contributed by atoms with Crippen LogP contribution in [0.1, 0.15) is 29.0 Å². The number of ketones is 1. The van der Waals surface area contributed by atoms with E-state index in [1.54, 1.807) is 24.3 Å². The van der Waals surface area contributed by atoms with Crippen LogP contribution in [0.4, 0.5) is 0 Å². The van der Waals surface area contributed by atoms with E-state index in [1.807, 2.05) is 30.3 Å². The van der Waals surface area contributed by atoms with Crippen LogP contribution in [-0.2, 0) is 26.5 Å². The number of hydrogen-bond acceptors (Lipinski definition) is 7. The lowest BCUT2D eigenvalue weighted by atomic mass is 9.76. The lowest BCUT2D eigenvalue weighted by Crippen LogP contribution is -2.39. The summed E-state index contributed by atoms with van der Waals surface area (Å²) in [6.45, 7) is -0.373. The first kappa shape index (κ1) is 23.7. The van der Waals surface area contributed by atoms with Gasteiger partial charge >= 0.3 is 5.97 Å². The first-order valence-electron chi connectivity index (χ1n) is 10.7. The lowest BCUT2D eigenvalue weighted by molar-refractivity contribution is -0.149. The maximum Gasteiger partial charge on any atom is 0.317 e. The number of nitrogens with zero attached hydrogens (tertiary/aromatic N) is 1. The molecule has 0 unspecified atom stereocenters. The summed E-state index contributed by atoms with van der Waals surface area (Å²) >= 11 is 6.15. The van der Waals surface area contributed by atoms with Crippen molar-refractivity contribution < 1.29 is 28.9 Å². The molecule has 0 saturated heterocycles. The third-order valence-electron chi connectivity index (χ3n) is 6.21. The van der Waals surface area contributed by atoms with Gasteiger partial charge in [0.15, 0.2) is 5.78 Å². The third kappa shape index (κ3) is 4.13. The SMILES string of the molecule is COC(=O)[C@H]1C(=O)C[C@](Oc2cncc(OC)c2CO)(c2ccc(Cl)cc2)[C@@H]1c1ccccc1. The number of benzene rings is 2. The number of carbonyl (C=O) groups is 2. The molecule has 1 aromatic heterocycles. The fourth-order valence-corrected chi connectivity index (χ4v) is 4.81. The van der Waals surface area contributed by atoms with E-state index in [0.717, 1.165) is 5.56 Å². The van der Waals surface area contributed by atoms with Crippen LogP contribution in [0.3, 0.4) is 0 Å². The molecular weight excluding hydrogens is 458 g/mol. The predicted octanol–water partition coefficient (Wildman–Crippen LogP) is 4.06. The predicted molar refractivity (Wildman–Crippen MR) is 125 cm³/mol. The molecule has 0 bridgehead atoms. The summed E-state index contributed by atoms with van der Waals surface area (Å²) in [4.78, 5) is 30.4. The molecule has 3 atom stereocenters. The number of aliphatic hydroxyl groups excluding tert-OH is 1. The number of ether oxygens (including phenoxy) is 3. The molecule has 176 valence electrons. The molecule has 1 heterocycles. The molecule has 2 aromatic carbocycles. The van der Waals surface area contributed by atoms with Crippen LogP contribution in [-0.4, -0.2) is 36.1 Å². The van der Waals surface area contributed by atoms with Gasteiger partial charge in [0, 0.05) is 10.9 Å². The van der Waals surface area contributed by atoms with E-state index >= 15 is 0 Å². The van der Waals surface area contributed by atoms with Crippen molar-refractivity contribution in [2.45, 2.75) is 24.5 Å². The second kappa shape index (κ2) is 9.83. The molecule has 1 saturated carbocycles. The highest BCUT2D eigenvalue weighted by Gasteiger charge is 2.60. The average Bonchev–Trinajstić information content (AvgIpc) is 3.16. The van der Waals surface area contributed by atoms with E-state index in [0.29, 0.717) is 21.9 Å². The molecule has 3 aromatic rings. The Balaban J connectivity index is 1.98. The molecule has 0 amide bonds. The van der Waals surface area contributed by atoms with Gasteiger partial charge in [0.25, 0.3) is 0 Å². The van der Waals surface area contributed by atoms with Crippen LogP contribution in [0.5, 0.6) is 11.5 Å². The fraction of sp³-hybridized carbons (Fsp3) is 0.269. The van der Waals surface area contributed by atoms with Gasteiger partial charge < -0.3 is 19.3 Å². The number of Topliss-reactive ketones (excluding diaryl/α,β-unsaturated/α-hetero) is 1. The average molecular weight is 482 g/mol.